The van der Waals surface area contributed by atoms with E-state index in [1.54, 1.807) is 0 Å². The Morgan fingerprint density at radius 3 is 2.17 bits per heavy atom. The zero-order valence-electron chi connectivity index (χ0n) is 11.3. The highest BCUT2D eigenvalue weighted by atomic mass is 35.5. The van der Waals surface area contributed by atoms with Crippen LogP contribution in [-0.4, -0.2) is 13.1 Å². The predicted octanol–water partition coefficient (Wildman–Crippen LogP) is 4.66. The number of rotatable bonds is 4. The molecule has 1 nitrogen and oxygen atoms in total. The molecule has 0 heterocycles. The van der Waals surface area contributed by atoms with Gasteiger partial charge in [-0.15, -0.1) is 0 Å². The lowest BCUT2D eigenvalue weighted by molar-refractivity contribution is 0.0569. The minimum Gasteiger partial charge on any atom is -0.316 e. The van der Waals surface area contributed by atoms with Crippen LogP contribution >= 0.6 is 23.2 Å². The third-order valence-electron chi connectivity index (χ3n) is 3.84. The van der Waals surface area contributed by atoms with Gasteiger partial charge in [-0.25, -0.2) is 0 Å². The van der Waals surface area contributed by atoms with E-state index in [4.69, 9.17) is 23.2 Å². The van der Waals surface area contributed by atoms with Crippen molar-refractivity contribution < 1.29 is 0 Å². The van der Waals surface area contributed by atoms with Gasteiger partial charge in [-0.1, -0.05) is 50.0 Å². The van der Waals surface area contributed by atoms with Gasteiger partial charge in [0, 0.05) is 22.0 Å². The quantitative estimate of drug-likeness (QED) is 0.848. The maximum atomic E-state index is 6.39. The number of hydrogen-bond donors (Lipinski definition) is 1. The summed E-state index contributed by atoms with van der Waals surface area (Å²) in [5.41, 5.74) is 1.63. The lowest BCUT2D eigenvalue weighted by Crippen LogP contribution is -2.52. The lowest BCUT2D eigenvalue weighted by Gasteiger charge is -2.54. The number of hydrogen-bond acceptors (Lipinski definition) is 1. The van der Waals surface area contributed by atoms with Crippen molar-refractivity contribution in [2.75, 3.05) is 13.1 Å². The number of likely N-dealkylation sites (N-methyl/N-ethyl adjacent to an activating group) is 1. The minimum atomic E-state index is 0.106. The van der Waals surface area contributed by atoms with E-state index >= 15 is 0 Å². The fraction of sp³-hybridized carbons (Fsp3) is 0.600. The van der Waals surface area contributed by atoms with Crippen molar-refractivity contribution in [3.8, 4) is 0 Å². The highest BCUT2D eigenvalue weighted by molar-refractivity contribution is 6.36. The van der Waals surface area contributed by atoms with Gasteiger partial charge >= 0.3 is 0 Å². The summed E-state index contributed by atoms with van der Waals surface area (Å²) < 4.78 is 0. The molecular formula is C15H21Cl2N. The topological polar surface area (TPSA) is 12.0 Å². The maximum Gasteiger partial charge on any atom is 0.0459 e. The molecule has 0 spiro atoms. The van der Waals surface area contributed by atoms with Gasteiger partial charge in [-0.2, -0.15) is 0 Å². The number of benzene rings is 1. The Morgan fingerprint density at radius 1 is 1.17 bits per heavy atom. The second-order valence-electron chi connectivity index (χ2n) is 6.18. The van der Waals surface area contributed by atoms with Gasteiger partial charge in [0.2, 0.25) is 0 Å². The molecule has 1 aromatic rings. The van der Waals surface area contributed by atoms with E-state index in [-0.39, 0.29) is 5.41 Å². The summed E-state index contributed by atoms with van der Waals surface area (Å²) >= 11 is 12.8. The van der Waals surface area contributed by atoms with Crippen LogP contribution in [0.3, 0.4) is 0 Å². The molecule has 0 bridgehead atoms. The lowest BCUT2D eigenvalue weighted by atomic mass is 9.52. The molecule has 0 saturated heterocycles. The third kappa shape index (κ3) is 2.54. The molecule has 18 heavy (non-hydrogen) atoms. The standard InChI is InChI=1S/C15H21Cl2N/c1-4-18-10-15(8-14(2,3)9-15)13-11(16)6-5-7-12(13)17/h5-7,18H,4,8-10H2,1-3H3. The van der Waals surface area contributed by atoms with Crippen molar-refractivity contribution in [3.63, 3.8) is 0 Å². The molecule has 1 aromatic carbocycles. The van der Waals surface area contributed by atoms with E-state index < -0.39 is 0 Å². The third-order valence-corrected chi connectivity index (χ3v) is 4.47. The van der Waals surface area contributed by atoms with Crippen LogP contribution in [0.25, 0.3) is 0 Å². The molecule has 3 heteroatoms. The van der Waals surface area contributed by atoms with Crippen molar-refractivity contribution in [1.82, 2.24) is 5.32 Å². The Hall–Kier alpha value is -0.240. The van der Waals surface area contributed by atoms with Gasteiger partial charge in [0.25, 0.3) is 0 Å². The summed E-state index contributed by atoms with van der Waals surface area (Å²) in [4.78, 5) is 0. The van der Waals surface area contributed by atoms with Crippen molar-refractivity contribution in [3.05, 3.63) is 33.8 Å². The Morgan fingerprint density at radius 2 is 1.72 bits per heavy atom. The van der Waals surface area contributed by atoms with E-state index in [1.807, 2.05) is 18.2 Å². The van der Waals surface area contributed by atoms with Crippen molar-refractivity contribution >= 4 is 23.2 Å². The monoisotopic (exact) mass is 285 g/mol. The molecule has 0 atom stereocenters. The van der Waals surface area contributed by atoms with Crippen LogP contribution in [0.2, 0.25) is 10.0 Å². The Kier molecular flexibility index (Phi) is 3.96. The average Bonchev–Trinajstić information content (AvgIpc) is 2.23. The molecular weight excluding hydrogens is 265 g/mol. The molecule has 0 unspecified atom stereocenters. The highest BCUT2D eigenvalue weighted by Gasteiger charge is 2.51. The van der Waals surface area contributed by atoms with Gasteiger partial charge in [0.1, 0.15) is 0 Å². The van der Waals surface area contributed by atoms with Crippen LogP contribution in [0.15, 0.2) is 18.2 Å². The van der Waals surface area contributed by atoms with Crippen LogP contribution in [0.4, 0.5) is 0 Å². The van der Waals surface area contributed by atoms with Gasteiger partial charge in [0.15, 0.2) is 0 Å². The smallest absolute Gasteiger partial charge is 0.0459 e. The van der Waals surface area contributed by atoms with E-state index in [2.05, 4.69) is 26.1 Å². The summed E-state index contributed by atoms with van der Waals surface area (Å²) in [6.45, 7) is 8.68. The maximum absolute atomic E-state index is 6.39. The van der Waals surface area contributed by atoms with Gasteiger partial charge < -0.3 is 5.32 Å². The fourth-order valence-electron chi connectivity index (χ4n) is 3.54. The first-order chi connectivity index (χ1) is 8.40. The largest absolute Gasteiger partial charge is 0.316 e. The first-order valence-corrected chi connectivity index (χ1v) is 7.31. The molecule has 0 amide bonds. The first kappa shape index (κ1) is 14.2. The van der Waals surface area contributed by atoms with E-state index in [9.17, 15) is 0 Å². The zero-order chi connectivity index (χ0) is 13.4. The first-order valence-electron chi connectivity index (χ1n) is 6.55. The predicted molar refractivity (Wildman–Crippen MR) is 79.7 cm³/mol. The minimum absolute atomic E-state index is 0.106. The van der Waals surface area contributed by atoms with Crippen molar-refractivity contribution in [2.24, 2.45) is 5.41 Å². The summed E-state index contributed by atoms with van der Waals surface area (Å²) in [5, 5.41) is 5.07. The number of nitrogens with one attached hydrogen (secondary N) is 1. The van der Waals surface area contributed by atoms with E-state index in [0.717, 1.165) is 41.5 Å². The Labute approximate surface area is 120 Å². The van der Waals surface area contributed by atoms with E-state index in [1.165, 1.54) is 0 Å². The molecule has 0 aromatic heterocycles. The molecule has 1 fully saturated rings. The molecule has 0 aliphatic heterocycles. The average molecular weight is 286 g/mol. The van der Waals surface area contributed by atoms with Crippen LogP contribution in [-0.2, 0) is 5.41 Å². The van der Waals surface area contributed by atoms with Crippen LogP contribution in [0.1, 0.15) is 39.2 Å². The molecule has 1 aliphatic carbocycles. The molecule has 0 radical (unpaired) electrons. The van der Waals surface area contributed by atoms with Gasteiger partial charge in [-0.3, -0.25) is 0 Å². The summed E-state index contributed by atoms with van der Waals surface area (Å²) in [6, 6.07) is 5.81. The van der Waals surface area contributed by atoms with Crippen LogP contribution < -0.4 is 5.32 Å². The van der Waals surface area contributed by atoms with Crippen LogP contribution in [0.5, 0.6) is 0 Å². The van der Waals surface area contributed by atoms with Crippen LogP contribution in [0, 0.1) is 5.41 Å². The summed E-state index contributed by atoms with van der Waals surface area (Å²) in [7, 11) is 0. The Balaban J connectivity index is 2.36. The molecule has 1 aliphatic rings. The zero-order valence-corrected chi connectivity index (χ0v) is 12.8. The van der Waals surface area contributed by atoms with Crippen molar-refractivity contribution in [2.45, 2.75) is 39.0 Å². The summed E-state index contributed by atoms with van der Waals surface area (Å²) in [6.07, 6.45) is 2.27. The van der Waals surface area contributed by atoms with Gasteiger partial charge in [-0.05, 0) is 42.5 Å². The molecule has 1 N–H and O–H groups in total. The normalized spacial score (nSPS) is 20.5. The SMILES string of the molecule is CCNCC1(c2c(Cl)cccc2Cl)CC(C)(C)C1. The second kappa shape index (κ2) is 5.03. The Bertz CT molecular complexity index is 412. The fourth-order valence-corrected chi connectivity index (χ4v) is 4.34. The number of halogens is 2. The van der Waals surface area contributed by atoms with Crippen molar-refractivity contribution in [1.29, 1.82) is 0 Å². The van der Waals surface area contributed by atoms with Gasteiger partial charge in [0.05, 0.1) is 0 Å². The molecule has 2 rings (SSSR count). The highest BCUT2D eigenvalue weighted by Crippen LogP contribution is 2.57. The molecule has 100 valence electrons. The summed E-state index contributed by atoms with van der Waals surface area (Å²) in [5.74, 6) is 0. The second-order valence-corrected chi connectivity index (χ2v) is 6.99. The van der Waals surface area contributed by atoms with E-state index in [0.29, 0.717) is 5.41 Å². The molecule has 1 saturated carbocycles.